The molecule has 6 heteroatoms. The van der Waals surface area contributed by atoms with Crippen LogP contribution in [0.2, 0.25) is 0 Å². The minimum atomic E-state index is -0.304. The van der Waals surface area contributed by atoms with Crippen molar-refractivity contribution in [1.29, 1.82) is 0 Å². The van der Waals surface area contributed by atoms with Crippen LogP contribution in [-0.2, 0) is 4.74 Å². The Bertz CT molecular complexity index is 508. The summed E-state index contributed by atoms with van der Waals surface area (Å²) >= 11 is 0. The molecule has 1 amide bonds. The van der Waals surface area contributed by atoms with E-state index < -0.39 is 0 Å². The summed E-state index contributed by atoms with van der Waals surface area (Å²) in [7, 11) is 0. The maximum atomic E-state index is 12.5. The molecule has 0 saturated carbocycles. The summed E-state index contributed by atoms with van der Waals surface area (Å²) in [4.78, 5) is 16.5. The van der Waals surface area contributed by atoms with E-state index in [4.69, 9.17) is 4.74 Å². The molecule has 1 aromatic carbocycles. The first kappa shape index (κ1) is 14.2. The molecule has 1 aromatic rings. The highest BCUT2D eigenvalue weighted by molar-refractivity contribution is 5.99. The molecular formula is C15H20N2O4. The number of hydrogen-bond acceptors (Lipinski definition) is 5. The van der Waals surface area contributed by atoms with Gasteiger partial charge in [0.2, 0.25) is 0 Å². The predicted molar refractivity (Wildman–Crippen MR) is 76.5 cm³/mol. The van der Waals surface area contributed by atoms with Gasteiger partial charge in [0, 0.05) is 32.2 Å². The van der Waals surface area contributed by atoms with Crippen LogP contribution in [0.3, 0.4) is 0 Å². The molecular weight excluding hydrogens is 272 g/mol. The first-order chi connectivity index (χ1) is 10.2. The highest BCUT2D eigenvalue weighted by atomic mass is 16.5. The predicted octanol–water partition coefficient (Wildman–Crippen LogP) is 0.644. The van der Waals surface area contributed by atoms with Gasteiger partial charge in [-0.1, -0.05) is 6.07 Å². The number of nitrogens with zero attached hydrogens (tertiary/aromatic N) is 2. The van der Waals surface area contributed by atoms with Gasteiger partial charge in [0.25, 0.3) is 5.91 Å². The van der Waals surface area contributed by atoms with Crippen LogP contribution in [0, 0.1) is 0 Å². The number of amides is 1. The largest absolute Gasteiger partial charge is 0.507 e. The third kappa shape index (κ3) is 2.82. The normalized spacial score (nSPS) is 23.4. The van der Waals surface area contributed by atoms with E-state index in [2.05, 4.69) is 4.90 Å². The lowest BCUT2D eigenvalue weighted by molar-refractivity contribution is 0.0185. The van der Waals surface area contributed by atoms with Gasteiger partial charge in [-0.3, -0.25) is 9.69 Å². The smallest absolute Gasteiger partial charge is 0.261 e. The second-order valence-electron chi connectivity index (χ2n) is 5.51. The quantitative estimate of drug-likeness (QED) is 0.837. The molecule has 2 fully saturated rings. The van der Waals surface area contributed by atoms with Crippen molar-refractivity contribution in [2.75, 3.05) is 39.4 Å². The Morgan fingerprint density at radius 1 is 1.14 bits per heavy atom. The third-order valence-corrected chi connectivity index (χ3v) is 4.25. The number of benzene rings is 1. The molecule has 114 valence electrons. The molecule has 0 aliphatic carbocycles. The van der Waals surface area contributed by atoms with Crippen molar-refractivity contribution in [2.24, 2.45) is 0 Å². The molecule has 2 aliphatic rings. The average molecular weight is 292 g/mol. The standard InChI is InChI=1S/C15H20N2O4/c18-12-2-1-3-13(19)14(12)15(20)17-5-4-11(10-17)16-6-8-21-9-7-16/h1-3,11,18-19H,4-10H2. The summed E-state index contributed by atoms with van der Waals surface area (Å²) < 4.78 is 5.35. The van der Waals surface area contributed by atoms with Crippen molar-refractivity contribution in [2.45, 2.75) is 12.5 Å². The van der Waals surface area contributed by atoms with Crippen molar-refractivity contribution in [1.82, 2.24) is 9.80 Å². The van der Waals surface area contributed by atoms with E-state index in [1.165, 1.54) is 18.2 Å². The first-order valence-electron chi connectivity index (χ1n) is 7.29. The maximum Gasteiger partial charge on any atom is 0.261 e. The van der Waals surface area contributed by atoms with Crippen molar-refractivity contribution >= 4 is 5.91 Å². The van der Waals surface area contributed by atoms with Crippen LogP contribution >= 0.6 is 0 Å². The summed E-state index contributed by atoms with van der Waals surface area (Å²) in [5.74, 6) is -0.647. The highest BCUT2D eigenvalue weighted by Crippen LogP contribution is 2.29. The average Bonchev–Trinajstić information content (AvgIpc) is 2.97. The Morgan fingerprint density at radius 2 is 1.81 bits per heavy atom. The second-order valence-corrected chi connectivity index (χ2v) is 5.51. The molecule has 2 heterocycles. The van der Waals surface area contributed by atoms with Gasteiger partial charge in [0.1, 0.15) is 17.1 Å². The Balaban J connectivity index is 1.69. The number of rotatable bonds is 2. The second kappa shape index (κ2) is 5.91. The SMILES string of the molecule is O=C(c1c(O)cccc1O)N1CCC(N2CCOCC2)C1. The van der Waals surface area contributed by atoms with Crippen molar-refractivity contribution in [3.63, 3.8) is 0 Å². The van der Waals surface area contributed by atoms with Gasteiger partial charge >= 0.3 is 0 Å². The fourth-order valence-corrected chi connectivity index (χ4v) is 3.07. The number of carbonyl (C=O) groups excluding carboxylic acids is 1. The van der Waals surface area contributed by atoms with Gasteiger partial charge in [-0.05, 0) is 18.6 Å². The zero-order valence-electron chi connectivity index (χ0n) is 11.9. The molecule has 1 atom stereocenters. The van der Waals surface area contributed by atoms with Gasteiger partial charge < -0.3 is 19.8 Å². The van der Waals surface area contributed by atoms with Gasteiger partial charge in [-0.2, -0.15) is 0 Å². The van der Waals surface area contributed by atoms with E-state index in [0.29, 0.717) is 19.1 Å². The highest BCUT2D eigenvalue weighted by Gasteiger charge is 2.33. The van der Waals surface area contributed by atoms with Crippen LogP contribution < -0.4 is 0 Å². The van der Waals surface area contributed by atoms with E-state index >= 15 is 0 Å². The van der Waals surface area contributed by atoms with Crippen LogP contribution in [0.25, 0.3) is 0 Å². The molecule has 0 spiro atoms. The number of phenols is 2. The summed E-state index contributed by atoms with van der Waals surface area (Å²) in [6.07, 6.45) is 0.917. The summed E-state index contributed by atoms with van der Waals surface area (Å²) in [5.41, 5.74) is 0.000118. The number of phenolic OH excluding ortho intramolecular Hbond substituents is 2. The van der Waals surface area contributed by atoms with Crippen molar-refractivity contribution < 1.29 is 19.7 Å². The van der Waals surface area contributed by atoms with Crippen LogP contribution in [0.15, 0.2) is 18.2 Å². The molecule has 21 heavy (non-hydrogen) atoms. The van der Waals surface area contributed by atoms with Gasteiger partial charge in [0.05, 0.1) is 13.2 Å². The zero-order valence-corrected chi connectivity index (χ0v) is 11.9. The van der Waals surface area contributed by atoms with Crippen molar-refractivity contribution in [3.8, 4) is 11.5 Å². The minimum absolute atomic E-state index is 0.000118. The summed E-state index contributed by atoms with van der Waals surface area (Å²) in [5, 5.41) is 19.6. The van der Waals surface area contributed by atoms with E-state index in [1.807, 2.05) is 0 Å². The van der Waals surface area contributed by atoms with E-state index in [-0.39, 0.29) is 23.0 Å². The van der Waals surface area contributed by atoms with Crippen LogP contribution in [0.1, 0.15) is 16.8 Å². The van der Waals surface area contributed by atoms with Crippen LogP contribution in [0.4, 0.5) is 0 Å². The molecule has 0 bridgehead atoms. The Morgan fingerprint density at radius 3 is 2.48 bits per heavy atom. The summed E-state index contributed by atoms with van der Waals surface area (Å²) in [6, 6.07) is 4.69. The number of likely N-dealkylation sites (tertiary alicyclic amines) is 1. The van der Waals surface area contributed by atoms with Gasteiger partial charge in [-0.15, -0.1) is 0 Å². The minimum Gasteiger partial charge on any atom is -0.507 e. The van der Waals surface area contributed by atoms with Crippen LogP contribution in [0.5, 0.6) is 11.5 Å². The van der Waals surface area contributed by atoms with E-state index in [0.717, 1.165) is 32.7 Å². The first-order valence-corrected chi connectivity index (χ1v) is 7.29. The molecule has 3 rings (SSSR count). The van der Waals surface area contributed by atoms with E-state index in [1.54, 1.807) is 4.90 Å². The zero-order chi connectivity index (χ0) is 14.8. The molecule has 2 saturated heterocycles. The lowest BCUT2D eigenvalue weighted by atomic mass is 10.1. The Kier molecular flexibility index (Phi) is 3.98. The van der Waals surface area contributed by atoms with Gasteiger partial charge in [0.15, 0.2) is 0 Å². The third-order valence-electron chi connectivity index (χ3n) is 4.25. The maximum absolute atomic E-state index is 12.5. The summed E-state index contributed by atoms with van der Waals surface area (Å²) in [6.45, 7) is 4.56. The number of morpholine rings is 1. The molecule has 0 aromatic heterocycles. The fourth-order valence-electron chi connectivity index (χ4n) is 3.07. The van der Waals surface area contributed by atoms with E-state index in [9.17, 15) is 15.0 Å². The molecule has 1 unspecified atom stereocenters. The Hall–Kier alpha value is -1.79. The Labute approximate surface area is 123 Å². The molecule has 6 nitrogen and oxygen atoms in total. The number of hydrogen-bond donors (Lipinski definition) is 2. The number of carbonyl (C=O) groups is 1. The topological polar surface area (TPSA) is 73.2 Å². The fraction of sp³-hybridized carbons (Fsp3) is 0.533. The lowest BCUT2D eigenvalue weighted by Gasteiger charge is -2.32. The lowest BCUT2D eigenvalue weighted by Crippen LogP contribution is -2.45. The number of ether oxygens (including phenoxy) is 1. The van der Waals surface area contributed by atoms with Gasteiger partial charge in [-0.25, -0.2) is 0 Å². The molecule has 0 radical (unpaired) electrons. The monoisotopic (exact) mass is 292 g/mol. The molecule has 2 aliphatic heterocycles. The molecule has 2 N–H and O–H groups in total. The van der Waals surface area contributed by atoms with Crippen LogP contribution in [-0.4, -0.2) is 71.4 Å². The van der Waals surface area contributed by atoms with Crippen molar-refractivity contribution in [3.05, 3.63) is 23.8 Å². The number of aromatic hydroxyl groups is 2.